The fourth-order valence-electron chi connectivity index (χ4n) is 1.37. The first-order valence-electron chi connectivity index (χ1n) is 4.83. The van der Waals surface area contributed by atoms with Crippen LogP contribution in [0.4, 0.5) is 4.79 Å². The second kappa shape index (κ2) is 7.48. The Hall–Kier alpha value is -0.810. The molecule has 0 aromatic carbocycles. The first kappa shape index (κ1) is 14.2. The van der Waals surface area contributed by atoms with Gasteiger partial charge in [-0.05, 0) is 26.3 Å². The van der Waals surface area contributed by atoms with E-state index in [1.165, 1.54) is 0 Å². The highest BCUT2D eigenvalue weighted by Gasteiger charge is 2.24. The Kier molecular flexibility index (Phi) is 7.07. The first-order valence-corrected chi connectivity index (χ1v) is 4.83. The van der Waals surface area contributed by atoms with E-state index in [9.17, 15) is 9.59 Å². The maximum Gasteiger partial charge on any atom is 0.516 e. The molecular formula is C9H16ClNO4. The summed E-state index contributed by atoms with van der Waals surface area (Å²) in [4.78, 5) is 22.1. The number of halogens is 1. The summed E-state index contributed by atoms with van der Waals surface area (Å²) in [5, 5.41) is 3.07. The van der Waals surface area contributed by atoms with Crippen LogP contribution in [-0.2, 0) is 14.3 Å². The molecule has 88 valence electrons. The maximum atomic E-state index is 11.3. The van der Waals surface area contributed by atoms with Crippen molar-refractivity contribution in [1.29, 1.82) is 0 Å². The van der Waals surface area contributed by atoms with Crippen molar-refractivity contribution < 1.29 is 19.1 Å². The van der Waals surface area contributed by atoms with Gasteiger partial charge in [-0.2, -0.15) is 0 Å². The van der Waals surface area contributed by atoms with Gasteiger partial charge in [0.15, 0.2) is 0 Å². The minimum absolute atomic E-state index is 0. The monoisotopic (exact) mass is 237 g/mol. The molecule has 1 N–H and O–H groups in total. The van der Waals surface area contributed by atoms with E-state index in [-0.39, 0.29) is 24.9 Å². The lowest BCUT2D eigenvalue weighted by atomic mass is 10.0. The zero-order valence-corrected chi connectivity index (χ0v) is 9.47. The Morgan fingerprint density at radius 2 is 2.20 bits per heavy atom. The van der Waals surface area contributed by atoms with Crippen LogP contribution in [-0.4, -0.2) is 31.8 Å². The first-order chi connectivity index (χ1) is 6.74. The average Bonchev–Trinajstić information content (AvgIpc) is 2.19. The number of carbonyl (C=O) groups excluding carboxylic acids is 2. The van der Waals surface area contributed by atoms with Crippen molar-refractivity contribution >= 4 is 24.5 Å². The molecule has 1 heterocycles. The summed E-state index contributed by atoms with van der Waals surface area (Å²) >= 11 is 0. The Balaban J connectivity index is 0.00000196. The summed E-state index contributed by atoms with van der Waals surface area (Å²) in [7, 11) is 0. The van der Waals surface area contributed by atoms with Crippen molar-refractivity contribution in [3.8, 4) is 0 Å². The summed E-state index contributed by atoms with van der Waals surface area (Å²) in [6, 6.07) is 0. The van der Waals surface area contributed by atoms with Gasteiger partial charge in [-0.15, -0.1) is 12.4 Å². The van der Waals surface area contributed by atoms with Crippen LogP contribution in [0.1, 0.15) is 19.8 Å². The topological polar surface area (TPSA) is 64.6 Å². The molecule has 0 radical (unpaired) electrons. The Bertz CT molecular complexity index is 216. The molecule has 1 atom stereocenters. The highest BCUT2D eigenvalue weighted by molar-refractivity contribution is 5.85. The molecule has 1 fully saturated rings. The van der Waals surface area contributed by atoms with E-state index < -0.39 is 12.1 Å². The molecule has 1 unspecified atom stereocenters. The highest BCUT2D eigenvalue weighted by atomic mass is 35.5. The van der Waals surface area contributed by atoms with Crippen molar-refractivity contribution in [3.63, 3.8) is 0 Å². The van der Waals surface area contributed by atoms with Crippen molar-refractivity contribution in [1.82, 2.24) is 5.32 Å². The van der Waals surface area contributed by atoms with E-state index in [1.807, 2.05) is 0 Å². The molecule has 1 aliphatic heterocycles. The number of ether oxygens (including phenoxy) is 2. The standard InChI is InChI=1S/C9H15NO4.ClH/c1-2-13-9(12)14-8(11)7-4-3-5-10-6-7;/h7,10H,2-6H2,1H3;1H. The second-order valence-electron chi connectivity index (χ2n) is 3.15. The van der Waals surface area contributed by atoms with Crippen molar-refractivity contribution in [2.45, 2.75) is 19.8 Å². The van der Waals surface area contributed by atoms with E-state index in [0.717, 1.165) is 19.4 Å². The predicted octanol–water partition coefficient (Wildman–Crippen LogP) is 1.11. The highest BCUT2D eigenvalue weighted by Crippen LogP contribution is 2.11. The van der Waals surface area contributed by atoms with E-state index in [4.69, 9.17) is 0 Å². The third kappa shape index (κ3) is 4.99. The normalized spacial score (nSPS) is 19.9. The molecule has 6 heteroatoms. The quantitative estimate of drug-likeness (QED) is 0.576. The third-order valence-electron chi connectivity index (χ3n) is 2.08. The van der Waals surface area contributed by atoms with Crippen LogP contribution in [0.2, 0.25) is 0 Å². The zero-order chi connectivity index (χ0) is 10.4. The summed E-state index contributed by atoms with van der Waals surface area (Å²) in [6.45, 7) is 3.38. The van der Waals surface area contributed by atoms with Gasteiger partial charge in [0.25, 0.3) is 0 Å². The van der Waals surface area contributed by atoms with Gasteiger partial charge in [0.1, 0.15) is 0 Å². The largest absolute Gasteiger partial charge is 0.516 e. The molecule has 1 saturated heterocycles. The van der Waals surface area contributed by atoms with Crippen LogP contribution >= 0.6 is 12.4 Å². The van der Waals surface area contributed by atoms with E-state index in [2.05, 4.69) is 14.8 Å². The SMILES string of the molecule is CCOC(=O)OC(=O)C1CCCNC1.Cl. The molecule has 1 aliphatic rings. The van der Waals surface area contributed by atoms with Crippen molar-refractivity contribution in [2.24, 2.45) is 5.92 Å². The summed E-state index contributed by atoms with van der Waals surface area (Å²) in [5.41, 5.74) is 0. The molecule has 15 heavy (non-hydrogen) atoms. The molecule has 1 rings (SSSR count). The lowest BCUT2D eigenvalue weighted by molar-refractivity contribution is -0.145. The van der Waals surface area contributed by atoms with Gasteiger partial charge in [0.2, 0.25) is 0 Å². The van der Waals surface area contributed by atoms with Crippen LogP contribution in [0.15, 0.2) is 0 Å². The second-order valence-corrected chi connectivity index (χ2v) is 3.15. The summed E-state index contributed by atoms with van der Waals surface area (Å²) < 4.78 is 8.99. The smallest absolute Gasteiger partial charge is 0.434 e. The molecule has 0 spiro atoms. The van der Waals surface area contributed by atoms with Crippen molar-refractivity contribution in [3.05, 3.63) is 0 Å². The lowest BCUT2D eigenvalue weighted by Crippen LogP contribution is -2.36. The zero-order valence-electron chi connectivity index (χ0n) is 8.65. The number of carbonyl (C=O) groups is 2. The van der Waals surface area contributed by atoms with Gasteiger partial charge in [-0.25, -0.2) is 4.79 Å². The molecule has 0 aromatic heterocycles. The molecule has 0 bridgehead atoms. The maximum absolute atomic E-state index is 11.3. The van der Waals surface area contributed by atoms with Crippen molar-refractivity contribution in [2.75, 3.05) is 19.7 Å². The number of rotatable bonds is 2. The van der Waals surface area contributed by atoms with E-state index in [1.54, 1.807) is 6.92 Å². The van der Waals surface area contributed by atoms with Gasteiger partial charge in [0, 0.05) is 6.54 Å². The molecule has 0 aromatic rings. The molecule has 5 nitrogen and oxygen atoms in total. The fourth-order valence-corrected chi connectivity index (χ4v) is 1.37. The van der Waals surface area contributed by atoms with Gasteiger partial charge < -0.3 is 14.8 Å². The number of hydrogen-bond acceptors (Lipinski definition) is 5. The third-order valence-corrected chi connectivity index (χ3v) is 2.08. The van der Waals surface area contributed by atoms with Crippen LogP contribution in [0.25, 0.3) is 0 Å². The average molecular weight is 238 g/mol. The van der Waals surface area contributed by atoms with Crippen LogP contribution in [0, 0.1) is 5.92 Å². The lowest BCUT2D eigenvalue weighted by Gasteiger charge is -2.20. The Morgan fingerprint density at radius 1 is 1.47 bits per heavy atom. The number of nitrogens with one attached hydrogen (secondary N) is 1. The number of hydrogen-bond donors (Lipinski definition) is 1. The van der Waals surface area contributed by atoms with Gasteiger partial charge in [0.05, 0.1) is 12.5 Å². The molecular weight excluding hydrogens is 222 g/mol. The number of piperidine rings is 1. The minimum Gasteiger partial charge on any atom is -0.434 e. The molecule has 0 aliphatic carbocycles. The predicted molar refractivity (Wildman–Crippen MR) is 56.0 cm³/mol. The van der Waals surface area contributed by atoms with Gasteiger partial charge in [-0.1, -0.05) is 0 Å². The fraction of sp³-hybridized carbons (Fsp3) is 0.778. The van der Waals surface area contributed by atoms with Crippen LogP contribution in [0.3, 0.4) is 0 Å². The van der Waals surface area contributed by atoms with Gasteiger partial charge >= 0.3 is 12.1 Å². The van der Waals surface area contributed by atoms with Gasteiger partial charge in [-0.3, -0.25) is 4.79 Å². The van der Waals surface area contributed by atoms with Crippen LogP contribution < -0.4 is 5.32 Å². The van der Waals surface area contributed by atoms with E-state index >= 15 is 0 Å². The Labute approximate surface area is 94.9 Å². The molecule has 0 saturated carbocycles. The van der Waals surface area contributed by atoms with E-state index in [0.29, 0.717) is 6.54 Å². The number of esters is 1. The minimum atomic E-state index is -0.900. The summed E-state index contributed by atoms with van der Waals surface area (Å²) in [6.07, 6.45) is 0.802. The Morgan fingerprint density at radius 3 is 2.73 bits per heavy atom. The summed E-state index contributed by atoms with van der Waals surface area (Å²) in [5.74, 6) is -0.705. The molecule has 0 amide bonds. The van der Waals surface area contributed by atoms with Crippen LogP contribution in [0.5, 0.6) is 0 Å².